The molecule has 2 aromatic carbocycles. The second-order valence-corrected chi connectivity index (χ2v) is 11.9. The quantitative estimate of drug-likeness (QED) is 0.190. The highest BCUT2D eigenvalue weighted by Crippen LogP contribution is 2.47. The molecule has 0 atom stereocenters. The molecular formula is C20H20ClF2IN6O3S. The molecule has 3 aromatic rings. The van der Waals surface area contributed by atoms with E-state index in [4.69, 9.17) is 17.3 Å². The Morgan fingerprint density at radius 1 is 1.26 bits per heavy atom. The summed E-state index contributed by atoms with van der Waals surface area (Å²) in [5.74, 6) is 0.137. The maximum Gasteiger partial charge on any atom is 0.316 e. The molecule has 14 heteroatoms. The second kappa shape index (κ2) is 9.45. The van der Waals surface area contributed by atoms with E-state index in [1.165, 1.54) is 36.4 Å². The van der Waals surface area contributed by atoms with Crippen LogP contribution in [-0.2, 0) is 14.0 Å². The molecule has 1 aliphatic rings. The van der Waals surface area contributed by atoms with E-state index in [1.54, 1.807) is 0 Å². The molecule has 0 spiro atoms. The number of nitrogen functional groups attached to an aromatic ring is 1. The van der Waals surface area contributed by atoms with Gasteiger partial charge in [-0.1, -0.05) is 28.2 Å². The third kappa shape index (κ3) is 5.22. The van der Waals surface area contributed by atoms with Gasteiger partial charge < -0.3 is 16.2 Å². The summed E-state index contributed by atoms with van der Waals surface area (Å²) in [5, 5.41) is 18.4. The van der Waals surface area contributed by atoms with Gasteiger partial charge in [-0.15, -0.1) is 5.10 Å². The van der Waals surface area contributed by atoms with E-state index in [9.17, 15) is 22.3 Å². The Balaban J connectivity index is 1.69. The lowest BCUT2D eigenvalue weighted by atomic mass is 9.91. The highest BCUT2D eigenvalue weighted by Gasteiger charge is 2.34. The van der Waals surface area contributed by atoms with Crippen LogP contribution in [0.4, 0.5) is 26.4 Å². The predicted molar refractivity (Wildman–Crippen MR) is 135 cm³/mol. The van der Waals surface area contributed by atoms with Crippen molar-refractivity contribution in [3.63, 3.8) is 0 Å². The van der Waals surface area contributed by atoms with Crippen LogP contribution >= 0.6 is 32.3 Å². The minimum atomic E-state index is -3.82. The molecule has 0 unspecified atom stereocenters. The van der Waals surface area contributed by atoms with E-state index in [0.717, 1.165) is 0 Å². The minimum absolute atomic E-state index is 0.0212. The Labute approximate surface area is 208 Å². The second-order valence-electron chi connectivity index (χ2n) is 7.65. The first-order valence-electron chi connectivity index (χ1n) is 9.85. The first-order chi connectivity index (χ1) is 16.0. The average molecular weight is 625 g/mol. The SMILES string of the molecule is C=IC(F)(F)c1cc(Nc2n[nH]c(N)n2)cc(Cl)c1-c1ccc(S(=O)(=O)NC2CC(O)C2)cc1. The van der Waals surface area contributed by atoms with Crippen LogP contribution in [-0.4, -0.2) is 45.4 Å². The first kappa shape index (κ1) is 24.9. The first-order valence-corrected chi connectivity index (χ1v) is 14.3. The Bertz CT molecular complexity index is 1330. The number of H-pyrrole nitrogens is 1. The number of hydrogen-bond acceptors (Lipinski definition) is 7. The van der Waals surface area contributed by atoms with Crippen LogP contribution in [0.15, 0.2) is 41.3 Å². The number of halogens is 4. The van der Waals surface area contributed by atoms with Gasteiger partial charge in [0, 0.05) is 22.9 Å². The number of hydrogen-bond donors (Lipinski definition) is 5. The molecule has 0 aliphatic heterocycles. The van der Waals surface area contributed by atoms with E-state index >= 15 is 0 Å². The lowest BCUT2D eigenvalue weighted by Crippen LogP contribution is -2.46. The normalized spacial score (nSPS) is 18.5. The number of aliphatic hydroxyl groups excluding tert-OH is 1. The topological polar surface area (TPSA) is 146 Å². The maximum absolute atomic E-state index is 14.9. The molecule has 4 rings (SSSR count). The third-order valence-corrected chi connectivity index (χ3v) is 8.58. The van der Waals surface area contributed by atoms with Crippen molar-refractivity contribution in [2.75, 3.05) is 11.1 Å². The van der Waals surface area contributed by atoms with E-state index in [-0.39, 0.29) is 44.7 Å². The van der Waals surface area contributed by atoms with Crippen LogP contribution in [0.25, 0.3) is 11.1 Å². The van der Waals surface area contributed by atoms with Crippen LogP contribution in [0.5, 0.6) is 0 Å². The van der Waals surface area contributed by atoms with Gasteiger partial charge in [0.2, 0.25) is 21.9 Å². The number of nitrogens with one attached hydrogen (secondary N) is 3. The van der Waals surface area contributed by atoms with Gasteiger partial charge in [0.15, 0.2) is 0 Å². The molecule has 182 valence electrons. The van der Waals surface area contributed by atoms with Gasteiger partial charge in [-0.25, -0.2) is 18.2 Å². The Hall–Kier alpha value is -2.20. The molecule has 1 aromatic heterocycles. The lowest BCUT2D eigenvalue weighted by Gasteiger charge is -2.31. The smallest absolute Gasteiger partial charge is 0.316 e. The van der Waals surface area contributed by atoms with Crippen LogP contribution < -0.4 is 15.8 Å². The highest BCUT2D eigenvalue weighted by molar-refractivity contribution is 14.2. The van der Waals surface area contributed by atoms with Crippen molar-refractivity contribution in [3.05, 3.63) is 47.0 Å². The summed E-state index contributed by atoms with van der Waals surface area (Å²) < 4.78 is 57.8. The number of aromatic amines is 1. The summed E-state index contributed by atoms with van der Waals surface area (Å²) in [6, 6.07) is 7.86. The van der Waals surface area contributed by atoms with Crippen molar-refractivity contribution in [2.24, 2.45) is 0 Å². The van der Waals surface area contributed by atoms with Gasteiger partial charge >= 0.3 is 3.93 Å². The third-order valence-electron chi connectivity index (χ3n) is 5.21. The van der Waals surface area contributed by atoms with Gasteiger partial charge in [-0.05, 0) is 63.4 Å². The molecule has 0 amide bonds. The number of aliphatic hydroxyl groups is 1. The standard InChI is InChI=1S/C20H20ClF2IN6O3S/c1-24-20(22,23)15-8-11(26-19-27-18(25)28-29-19)9-16(21)17(15)10-2-4-14(5-3-10)34(32,33)30-12-6-13(31)7-12/h2-5,8-9,12-13,30-31H,1,6-7H2,(H4,25,26,27,28,29). The molecule has 1 heterocycles. The summed E-state index contributed by atoms with van der Waals surface area (Å²) in [5.41, 5.74) is 5.78. The predicted octanol–water partition coefficient (Wildman–Crippen LogP) is 3.70. The maximum atomic E-state index is 14.9. The monoisotopic (exact) mass is 624 g/mol. The van der Waals surface area contributed by atoms with E-state index < -0.39 is 40.8 Å². The highest BCUT2D eigenvalue weighted by atomic mass is 127. The van der Waals surface area contributed by atoms with Crippen LogP contribution in [0.1, 0.15) is 18.4 Å². The fourth-order valence-electron chi connectivity index (χ4n) is 3.50. The number of alkyl halides is 3. The van der Waals surface area contributed by atoms with Gasteiger partial charge in [-0.2, -0.15) is 13.8 Å². The number of benzene rings is 2. The van der Waals surface area contributed by atoms with E-state index in [1.807, 2.05) is 0 Å². The van der Waals surface area contributed by atoms with Gasteiger partial charge in [-0.3, -0.25) is 0 Å². The molecule has 0 radical (unpaired) electrons. The molecular weight excluding hydrogens is 605 g/mol. The van der Waals surface area contributed by atoms with Gasteiger partial charge in [0.1, 0.15) is 0 Å². The molecule has 0 bridgehead atoms. The van der Waals surface area contributed by atoms with Gasteiger partial charge in [0.25, 0.3) is 0 Å². The largest absolute Gasteiger partial charge is 0.393 e. The van der Waals surface area contributed by atoms with E-state index in [0.29, 0.717) is 18.4 Å². The Morgan fingerprint density at radius 3 is 2.50 bits per heavy atom. The van der Waals surface area contributed by atoms with Crippen LogP contribution in [0, 0.1) is 0 Å². The fourth-order valence-corrected chi connectivity index (χ4v) is 5.93. The zero-order valence-electron chi connectivity index (χ0n) is 17.4. The van der Waals surface area contributed by atoms with E-state index in [2.05, 4.69) is 29.7 Å². The summed E-state index contributed by atoms with van der Waals surface area (Å²) in [6.45, 7) is 0. The Morgan fingerprint density at radius 2 is 1.94 bits per heavy atom. The fraction of sp³-hybridized carbons (Fsp3) is 0.250. The summed E-state index contributed by atoms with van der Waals surface area (Å²) in [4.78, 5) is 3.86. The van der Waals surface area contributed by atoms with Crippen molar-refractivity contribution in [3.8, 4) is 11.1 Å². The molecule has 0 saturated heterocycles. The van der Waals surface area contributed by atoms with Crippen molar-refractivity contribution < 1.29 is 22.3 Å². The van der Waals surface area contributed by atoms with Crippen molar-refractivity contribution in [1.29, 1.82) is 0 Å². The number of nitrogens with zero attached hydrogens (tertiary/aromatic N) is 2. The van der Waals surface area contributed by atoms with Crippen molar-refractivity contribution in [1.82, 2.24) is 19.9 Å². The summed E-state index contributed by atoms with van der Waals surface area (Å²) in [6.07, 6.45) is 0.187. The lowest BCUT2D eigenvalue weighted by molar-refractivity contribution is 0.0712. The van der Waals surface area contributed by atoms with Crippen molar-refractivity contribution in [2.45, 2.75) is 33.8 Å². The summed E-state index contributed by atoms with van der Waals surface area (Å²) in [7, 11) is -3.82. The number of rotatable bonds is 8. The number of nitrogens with two attached hydrogens (primary N) is 1. The molecule has 6 N–H and O–H groups in total. The molecule has 1 saturated carbocycles. The van der Waals surface area contributed by atoms with Gasteiger partial charge in [0.05, 0.1) is 16.0 Å². The number of sulfonamides is 1. The minimum Gasteiger partial charge on any atom is -0.393 e. The molecule has 34 heavy (non-hydrogen) atoms. The van der Waals surface area contributed by atoms with Crippen molar-refractivity contribution >= 4 is 64.5 Å². The molecule has 1 fully saturated rings. The molecule has 9 nitrogen and oxygen atoms in total. The molecule has 1 aliphatic carbocycles. The zero-order valence-corrected chi connectivity index (χ0v) is 21.1. The Kier molecular flexibility index (Phi) is 6.92. The summed E-state index contributed by atoms with van der Waals surface area (Å²) >= 11 is 4.64. The van der Waals surface area contributed by atoms with Crippen LogP contribution in [0.3, 0.4) is 0 Å². The van der Waals surface area contributed by atoms with Crippen LogP contribution in [0.2, 0.25) is 5.02 Å². The number of aromatic nitrogens is 3. The number of anilines is 3. The average Bonchev–Trinajstić information content (AvgIpc) is 3.16. The zero-order chi connectivity index (χ0) is 24.7.